The van der Waals surface area contributed by atoms with Crippen LogP contribution in [0.1, 0.15) is 45.4 Å². The zero-order valence-electron chi connectivity index (χ0n) is 10.5. The first-order chi connectivity index (χ1) is 8.15. The van der Waals surface area contributed by atoms with Gasteiger partial charge in [0.2, 0.25) is 0 Å². The number of tetrazole rings is 1. The van der Waals surface area contributed by atoms with E-state index in [-0.39, 0.29) is 5.92 Å². The van der Waals surface area contributed by atoms with Gasteiger partial charge < -0.3 is 5.11 Å². The number of aliphatic carboxylic acids is 1. The molecule has 0 aliphatic carbocycles. The topological polar surface area (TPSA) is 80.9 Å². The van der Waals surface area contributed by atoms with Gasteiger partial charge in [-0.3, -0.25) is 4.79 Å². The molecule has 1 rings (SSSR count). The first-order valence-electron chi connectivity index (χ1n) is 6.13. The van der Waals surface area contributed by atoms with Crippen LogP contribution >= 0.6 is 0 Å². The minimum absolute atomic E-state index is 0.359. The number of rotatable bonds is 8. The minimum Gasteiger partial charge on any atom is -0.481 e. The molecule has 0 aliphatic heterocycles. The van der Waals surface area contributed by atoms with Crippen LogP contribution in [0.5, 0.6) is 0 Å². The predicted molar refractivity (Wildman–Crippen MR) is 62.5 cm³/mol. The summed E-state index contributed by atoms with van der Waals surface area (Å²) in [6.45, 7) is 4.42. The highest BCUT2D eigenvalue weighted by Gasteiger charge is 2.12. The lowest BCUT2D eigenvalue weighted by Gasteiger charge is -2.07. The Balaban J connectivity index is 2.42. The van der Waals surface area contributed by atoms with Crippen LogP contribution in [0, 0.1) is 5.92 Å². The lowest BCUT2D eigenvalue weighted by Crippen LogP contribution is -2.14. The summed E-state index contributed by atoms with van der Waals surface area (Å²) in [7, 11) is 0. The summed E-state index contributed by atoms with van der Waals surface area (Å²) in [6.07, 6.45) is 4.82. The van der Waals surface area contributed by atoms with Crippen LogP contribution in [0.3, 0.4) is 0 Å². The summed E-state index contributed by atoms with van der Waals surface area (Å²) in [6, 6.07) is 0. The molecule has 0 bridgehead atoms. The molecule has 0 saturated carbocycles. The average molecular weight is 240 g/mol. The Morgan fingerprint density at radius 3 is 2.88 bits per heavy atom. The largest absolute Gasteiger partial charge is 0.481 e. The molecule has 1 heterocycles. The number of unbranched alkanes of at least 4 members (excludes halogenated alkanes) is 2. The summed E-state index contributed by atoms with van der Waals surface area (Å²) < 4.78 is 1.72. The Kier molecular flexibility index (Phi) is 5.59. The van der Waals surface area contributed by atoms with Crippen LogP contribution in [0.25, 0.3) is 0 Å². The van der Waals surface area contributed by atoms with Gasteiger partial charge in [-0.2, -0.15) is 0 Å². The lowest BCUT2D eigenvalue weighted by atomic mass is 10.1. The standard InChI is InChI=1S/C11H20N4O2/c1-3-4-5-6-10-12-13-14-15(10)8-7-9(2)11(16)17/h9H,3-8H2,1-2H3,(H,16,17). The van der Waals surface area contributed by atoms with E-state index >= 15 is 0 Å². The zero-order chi connectivity index (χ0) is 12.7. The molecule has 0 spiro atoms. The van der Waals surface area contributed by atoms with E-state index < -0.39 is 5.97 Å². The fourth-order valence-electron chi connectivity index (χ4n) is 1.55. The molecule has 0 amide bonds. The third-order valence-electron chi connectivity index (χ3n) is 2.81. The highest BCUT2D eigenvalue weighted by molar-refractivity contribution is 5.69. The maximum Gasteiger partial charge on any atom is 0.306 e. The number of hydrogen-bond donors (Lipinski definition) is 1. The number of hydrogen-bond acceptors (Lipinski definition) is 4. The molecule has 0 aromatic carbocycles. The van der Waals surface area contributed by atoms with Gasteiger partial charge in [0.1, 0.15) is 0 Å². The van der Waals surface area contributed by atoms with Crippen molar-refractivity contribution < 1.29 is 9.90 Å². The van der Waals surface area contributed by atoms with Gasteiger partial charge in [0, 0.05) is 13.0 Å². The highest BCUT2D eigenvalue weighted by atomic mass is 16.4. The van der Waals surface area contributed by atoms with Crippen LogP contribution in [-0.4, -0.2) is 31.3 Å². The van der Waals surface area contributed by atoms with Crippen molar-refractivity contribution in [3.8, 4) is 0 Å². The molecule has 96 valence electrons. The summed E-state index contributed by atoms with van der Waals surface area (Å²) in [5.74, 6) is -0.274. The number of aryl methyl sites for hydroxylation is 2. The highest BCUT2D eigenvalue weighted by Crippen LogP contribution is 2.07. The Bertz CT molecular complexity index is 351. The van der Waals surface area contributed by atoms with E-state index in [9.17, 15) is 4.79 Å². The fourth-order valence-corrected chi connectivity index (χ4v) is 1.55. The van der Waals surface area contributed by atoms with Gasteiger partial charge >= 0.3 is 5.97 Å². The summed E-state index contributed by atoms with van der Waals surface area (Å²) in [4.78, 5) is 10.7. The summed E-state index contributed by atoms with van der Waals surface area (Å²) in [5.41, 5.74) is 0. The molecular formula is C11H20N4O2. The third kappa shape index (κ3) is 4.50. The quantitative estimate of drug-likeness (QED) is 0.697. The predicted octanol–water partition coefficient (Wildman–Crippen LogP) is 1.52. The number of carboxylic acid groups (broad SMARTS) is 1. The van der Waals surface area contributed by atoms with Gasteiger partial charge in [-0.25, -0.2) is 4.68 Å². The number of carboxylic acids is 1. The van der Waals surface area contributed by atoms with Crippen LogP contribution < -0.4 is 0 Å². The van der Waals surface area contributed by atoms with Crippen molar-refractivity contribution in [1.82, 2.24) is 20.2 Å². The first kappa shape index (κ1) is 13.6. The van der Waals surface area contributed by atoms with Crippen molar-refractivity contribution in [1.29, 1.82) is 0 Å². The van der Waals surface area contributed by atoms with E-state index in [1.165, 1.54) is 6.42 Å². The molecule has 6 heteroatoms. The molecule has 1 atom stereocenters. The molecule has 1 aromatic heterocycles. The SMILES string of the molecule is CCCCCc1nnnn1CCC(C)C(=O)O. The van der Waals surface area contributed by atoms with Gasteiger partial charge in [-0.15, -0.1) is 5.10 Å². The van der Waals surface area contributed by atoms with Crippen LogP contribution in [-0.2, 0) is 17.8 Å². The van der Waals surface area contributed by atoms with Gasteiger partial charge in [-0.05, 0) is 23.3 Å². The molecule has 1 N–H and O–H groups in total. The van der Waals surface area contributed by atoms with Crippen molar-refractivity contribution in [2.75, 3.05) is 0 Å². The maximum atomic E-state index is 10.7. The third-order valence-corrected chi connectivity index (χ3v) is 2.81. The Hall–Kier alpha value is -1.46. The molecule has 0 fully saturated rings. The fraction of sp³-hybridized carbons (Fsp3) is 0.818. The van der Waals surface area contributed by atoms with E-state index in [1.807, 2.05) is 0 Å². The minimum atomic E-state index is -0.773. The first-order valence-corrected chi connectivity index (χ1v) is 6.13. The number of nitrogens with zero attached hydrogens (tertiary/aromatic N) is 4. The van der Waals surface area contributed by atoms with Gasteiger partial charge in [0.15, 0.2) is 5.82 Å². The van der Waals surface area contributed by atoms with Crippen LogP contribution in [0.15, 0.2) is 0 Å². The van der Waals surface area contributed by atoms with Gasteiger partial charge in [0.25, 0.3) is 0 Å². The summed E-state index contributed by atoms with van der Waals surface area (Å²) >= 11 is 0. The molecule has 0 radical (unpaired) electrons. The van der Waals surface area contributed by atoms with E-state index in [1.54, 1.807) is 11.6 Å². The smallest absolute Gasteiger partial charge is 0.306 e. The second-order valence-corrected chi connectivity index (χ2v) is 4.30. The van der Waals surface area contributed by atoms with Gasteiger partial charge in [-0.1, -0.05) is 26.7 Å². The van der Waals surface area contributed by atoms with Crippen LogP contribution in [0.4, 0.5) is 0 Å². The normalized spacial score (nSPS) is 12.6. The zero-order valence-corrected chi connectivity index (χ0v) is 10.5. The van der Waals surface area contributed by atoms with Crippen molar-refractivity contribution in [2.45, 2.75) is 52.5 Å². The second kappa shape index (κ2) is 6.98. The van der Waals surface area contributed by atoms with E-state index in [0.29, 0.717) is 13.0 Å². The molecule has 1 aromatic rings. The molecule has 0 aliphatic rings. The molecule has 17 heavy (non-hydrogen) atoms. The molecular weight excluding hydrogens is 220 g/mol. The Morgan fingerprint density at radius 1 is 1.47 bits per heavy atom. The molecule has 6 nitrogen and oxygen atoms in total. The Labute approximate surface area is 101 Å². The van der Waals surface area contributed by atoms with Crippen molar-refractivity contribution >= 4 is 5.97 Å². The monoisotopic (exact) mass is 240 g/mol. The maximum absolute atomic E-state index is 10.7. The summed E-state index contributed by atoms with van der Waals surface area (Å²) in [5, 5.41) is 20.3. The lowest BCUT2D eigenvalue weighted by molar-refractivity contribution is -0.141. The Morgan fingerprint density at radius 2 is 2.24 bits per heavy atom. The van der Waals surface area contributed by atoms with Crippen LogP contribution in [0.2, 0.25) is 0 Å². The molecule has 1 unspecified atom stereocenters. The van der Waals surface area contributed by atoms with E-state index in [0.717, 1.165) is 25.1 Å². The average Bonchev–Trinajstić information content (AvgIpc) is 2.74. The van der Waals surface area contributed by atoms with Gasteiger partial charge in [0.05, 0.1) is 5.92 Å². The van der Waals surface area contributed by atoms with E-state index in [4.69, 9.17) is 5.11 Å². The second-order valence-electron chi connectivity index (χ2n) is 4.30. The number of carbonyl (C=O) groups is 1. The molecule has 0 saturated heterocycles. The van der Waals surface area contributed by atoms with Crippen molar-refractivity contribution in [2.24, 2.45) is 5.92 Å². The van der Waals surface area contributed by atoms with E-state index in [2.05, 4.69) is 22.4 Å². The number of aromatic nitrogens is 4. The van der Waals surface area contributed by atoms with Crippen molar-refractivity contribution in [3.05, 3.63) is 5.82 Å². The van der Waals surface area contributed by atoms with Crippen molar-refractivity contribution in [3.63, 3.8) is 0 Å².